The fourth-order valence-corrected chi connectivity index (χ4v) is 3.95. The van der Waals surface area contributed by atoms with Gasteiger partial charge in [-0.2, -0.15) is 0 Å². The number of carbonyl (C=O) groups excluding carboxylic acids is 2. The van der Waals surface area contributed by atoms with Gasteiger partial charge in [0, 0.05) is 23.5 Å². The number of aromatic nitrogens is 1. The average molecular weight is 410 g/mol. The molecule has 0 aliphatic heterocycles. The predicted molar refractivity (Wildman–Crippen MR) is 113 cm³/mol. The summed E-state index contributed by atoms with van der Waals surface area (Å²) >= 11 is 0. The van der Waals surface area contributed by atoms with Crippen LogP contribution < -0.4 is 16.0 Å². The van der Waals surface area contributed by atoms with Crippen LogP contribution in [0, 0.1) is 11.7 Å². The third-order valence-electron chi connectivity index (χ3n) is 5.76. The van der Waals surface area contributed by atoms with Gasteiger partial charge in [-0.3, -0.25) is 14.6 Å². The third-order valence-corrected chi connectivity index (χ3v) is 5.76. The Kier molecular flexibility index (Phi) is 6.26. The molecule has 1 aromatic carbocycles. The van der Waals surface area contributed by atoms with E-state index < -0.39 is 11.9 Å². The molecular weight excluding hydrogens is 383 g/mol. The summed E-state index contributed by atoms with van der Waals surface area (Å²) in [5.74, 6) is -0.348. The van der Waals surface area contributed by atoms with E-state index in [1.165, 1.54) is 31.3 Å². The Labute approximate surface area is 175 Å². The summed E-state index contributed by atoms with van der Waals surface area (Å²) in [5, 5.41) is 8.89. The first-order valence-electron chi connectivity index (χ1n) is 10.7. The number of halogens is 1. The summed E-state index contributed by atoms with van der Waals surface area (Å²) in [7, 11) is 0. The molecule has 1 heterocycles. The van der Waals surface area contributed by atoms with Crippen molar-refractivity contribution in [2.24, 2.45) is 5.92 Å². The van der Waals surface area contributed by atoms with Gasteiger partial charge in [-0.05, 0) is 49.4 Å². The van der Waals surface area contributed by atoms with E-state index in [2.05, 4.69) is 20.9 Å². The van der Waals surface area contributed by atoms with Crippen molar-refractivity contribution >= 4 is 23.2 Å². The monoisotopic (exact) mass is 410 g/mol. The number of rotatable bonds is 8. The molecule has 0 spiro atoms. The van der Waals surface area contributed by atoms with Gasteiger partial charge in [-0.15, -0.1) is 0 Å². The van der Waals surface area contributed by atoms with Crippen molar-refractivity contribution in [2.45, 2.75) is 57.0 Å². The van der Waals surface area contributed by atoms with Crippen LogP contribution in [0.25, 0.3) is 0 Å². The summed E-state index contributed by atoms with van der Waals surface area (Å²) in [4.78, 5) is 29.5. The van der Waals surface area contributed by atoms with E-state index in [0.717, 1.165) is 25.7 Å². The first-order chi connectivity index (χ1) is 14.6. The quantitative estimate of drug-likeness (QED) is 0.616. The number of carbonyl (C=O) groups is 2. The number of hydrogen-bond acceptors (Lipinski definition) is 4. The number of anilines is 2. The second kappa shape index (κ2) is 9.24. The maximum absolute atomic E-state index is 13.9. The topological polar surface area (TPSA) is 83.1 Å². The molecule has 1 atom stereocenters. The highest BCUT2D eigenvalue weighted by Crippen LogP contribution is 2.29. The van der Waals surface area contributed by atoms with Crippen molar-refractivity contribution in [3.8, 4) is 0 Å². The van der Waals surface area contributed by atoms with Crippen molar-refractivity contribution in [1.29, 1.82) is 0 Å². The van der Waals surface area contributed by atoms with Gasteiger partial charge in [0.2, 0.25) is 5.91 Å². The highest BCUT2D eigenvalue weighted by molar-refractivity contribution is 5.98. The summed E-state index contributed by atoms with van der Waals surface area (Å²) < 4.78 is 13.9. The summed E-state index contributed by atoms with van der Waals surface area (Å²) in [6.07, 6.45) is 10.1. The highest BCUT2D eigenvalue weighted by atomic mass is 19.1. The second-order valence-electron chi connectivity index (χ2n) is 8.26. The van der Waals surface area contributed by atoms with Crippen LogP contribution in [-0.2, 0) is 4.79 Å². The second-order valence-corrected chi connectivity index (χ2v) is 8.26. The Morgan fingerprint density at radius 3 is 2.67 bits per heavy atom. The van der Waals surface area contributed by atoms with Crippen molar-refractivity contribution in [3.63, 3.8) is 0 Å². The van der Waals surface area contributed by atoms with E-state index in [9.17, 15) is 14.0 Å². The molecule has 0 radical (unpaired) electrons. The molecule has 2 aliphatic carbocycles. The molecule has 30 heavy (non-hydrogen) atoms. The Morgan fingerprint density at radius 2 is 1.93 bits per heavy atom. The Morgan fingerprint density at radius 1 is 1.13 bits per heavy atom. The molecule has 1 aromatic heterocycles. The maximum Gasteiger partial charge on any atom is 0.252 e. The van der Waals surface area contributed by atoms with Crippen LogP contribution in [0.1, 0.15) is 55.3 Å². The van der Waals surface area contributed by atoms with Gasteiger partial charge in [-0.25, -0.2) is 4.39 Å². The zero-order valence-corrected chi connectivity index (χ0v) is 16.9. The van der Waals surface area contributed by atoms with E-state index >= 15 is 0 Å². The Balaban J connectivity index is 1.44. The van der Waals surface area contributed by atoms with Gasteiger partial charge in [-0.1, -0.05) is 31.7 Å². The number of nitrogens with zero attached hydrogens (tertiary/aromatic N) is 1. The normalized spacial score (nSPS) is 17.4. The molecule has 158 valence electrons. The molecule has 0 unspecified atom stereocenters. The standard InChI is InChI=1S/C23H27FN4O2/c24-19-10-11-25-14-21(19)26-18-7-3-6-16(13-18)22(29)28-20(12-15-4-1-2-5-15)23(30)27-17-8-9-17/h3,6-7,10-11,13-15,17,20,26H,1-2,4-5,8-9,12H2,(H,27,30)(H,28,29)/t20-/m0/s1. The third kappa shape index (κ3) is 5.34. The van der Waals surface area contributed by atoms with Crippen molar-refractivity contribution in [3.05, 3.63) is 54.1 Å². The van der Waals surface area contributed by atoms with Crippen molar-refractivity contribution in [2.75, 3.05) is 5.32 Å². The summed E-state index contributed by atoms with van der Waals surface area (Å²) in [6, 6.07) is 7.79. The van der Waals surface area contributed by atoms with Crippen LogP contribution in [0.4, 0.5) is 15.8 Å². The zero-order valence-electron chi connectivity index (χ0n) is 16.9. The molecule has 0 bridgehead atoms. The molecule has 2 amide bonds. The van der Waals surface area contributed by atoms with Gasteiger partial charge in [0.05, 0.1) is 11.9 Å². The number of pyridine rings is 1. The SMILES string of the molecule is O=C(N[C@@H](CC1CCCC1)C(=O)NC1CC1)c1cccc(Nc2cnccc2F)c1. The van der Waals surface area contributed by atoms with E-state index in [-0.39, 0.29) is 23.5 Å². The fraction of sp³-hybridized carbons (Fsp3) is 0.435. The highest BCUT2D eigenvalue weighted by Gasteiger charge is 2.31. The molecule has 2 aliphatic rings. The minimum atomic E-state index is -0.534. The maximum atomic E-state index is 13.9. The number of nitrogens with one attached hydrogen (secondary N) is 3. The molecule has 0 saturated heterocycles. The van der Waals surface area contributed by atoms with Crippen LogP contribution in [0.15, 0.2) is 42.7 Å². The minimum absolute atomic E-state index is 0.0931. The summed E-state index contributed by atoms with van der Waals surface area (Å²) in [6.45, 7) is 0. The van der Waals surface area contributed by atoms with Gasteiger partial charge in [0.1, 0.15) is 11.9 Å². The van der Waals surface area contributed by atoms with Crippen LogP contribution in [0.5, 0.6) is 0 Å². The lowest BCUT2D eigenvalue weighted by atomic mass is 9.97. The first kappa shape index (κ1) is 20.3. The molecule has 7 heteroatoms. The molecule has 6 nitrogen and oxygen atoms in total. The van der Waals surface area contributed by atoms with E-state index in [1.54, 1.807) is 24.3 Å². The summed E-state index contributed by atoms with van der Waals surface area (Å²) in [5.41, 5.74) is 1.22. The van der Waals surface area contributed by atoms with Crippen LogP contribution >= 0.6 is 0 Å². The molecule has 2 fully saturated rings. The van der Waals surface area contributed by atoms with Gasteiger partial charge < -0.3 is 16.0 Å². The fourth-order valence-electron chi connectivity index (χ4n) is 3.95. The number of amides is 2. The largest absolute Gasteiger partial charge is 0.352 e. The Hall–Kier alpha value is -2.96. The van der Waals surface area contributed by atoms with Crippen molar-refractivity contribution < 1.29 is 14.0 Å². The minimum Gasteiger partial charge on any atom is -0.352 e. The van der Waals surface area contributed by atoms with Crippen LogP contribution in [0.2, 0.25) is 0 Å². The lowest BCUT2D eigenvalue weighted by Crippen LogP contribution is -2.48. The Bertz CT molecular complexity index is 910. The van der Waals surface area contributed by atoms with Crippen LogP contribution in [0.3, 0.4) is 0 Å². The lowest BCUT2D eigenvalue weighted by Gasteiger charge is -2.21. The smallest absolute Gasteiger partial charge is 0.252 e. The predicted octanol–water partition coefficient (Wildman–Crippen LogP) is 3.92. The van der Waals surface area contributed by atoms with E-state index in [1.807, 2.05) is 0 Å². The van der Waals surface area contributed by atoms with Gasteiger partial charge in [0.25, 0.3) is 5.91 Å². The zero-order chi connectivity index (χ0) is 20.9. The molecule has 4 rings (SSSR count). The van der Waals surface area contributed by atoms with Gasteiger partial charge >= 0.3 is 0 Å². The molecule has 2 aromatic rings. The molecule has 2 saturated carbocycles. The molecule has 3 N–H and O–H groups in total. The molecular formula is C23H27FN4O2. The number of benzene rings is 1. The lowest BCUT2D eigenvalue weighted by molar-refractivity contribution is -0.123. The van der Waals surface area contributed by atoms with E-state index in [0.29, 0.717) is 23.6 Å². The number of hydrogen-bond donors (Lipinski definition) is 3. The van der Waals surface area contributed by atoms with E-state index in [4.69, 9.17) is 0 Å². The average Bonchev–Trinajstić information content (AvgIpc) is 3.41. The van der Waals surface area contributed by atoms with Crippen LogP contribution in [-0.4, -0.2) is 28.9 Å². The van der Waals surface area contributed by atoms with Crippen molar-refractivity contribution in [1.82, 2.24) is 15.6 Å². The van der Waals surface area contributed by atoms with Gasteiger partial charge in [0.15, 0.2) is 0 Å². The first-order valence-corrected chi connectivity index (χ1v) is 10.7.